The molecule has 1 N–H and O–H groups in total. The van der Waals surface area contributed by atoms with Crippen molar-refractivity contribution in [2.45, 2.75) is 23.6 Å². The zero-order chi connectivity index (χ0) is 13.8. The van der Waals surface area contributed by atoms with Crippen molar-refractivity contribution in [3.63, 3.8) is 0 Å². The van der Waals surface area contributed by atoms with Crippen LogP contribution < -0.4 is 4.72 Å². The number of nitrogens with one attached hydrogen (secondary N) is 1. The Kier molecular flexibility index (Phi) is 5.28. The minimum atomic E-state index is -3.50. The van der Waals surface area contributed by atoms with E-state index in [4.69, 9.17) is 5.26 Å². The van der Waals surface area contributed by atoms with E-state index in [1.165, 1.54) is 12.1 Å². The van der Waals surface area contributed by atoms with Gasteiger partial charge in [0.1, 0.15) is 15.2 Å². The fourth-order valence-electron chi connectivity index (χ4n) is 1.36. The van der Waals surface area contributed by atoms with Crippen molar-refractivity contribution in [1.82, 2.24) is 9.62 Å². The first-order valence-corrected chi connectivity index (χ1v) is 7.82. The highest BCUT2D eigenvalue weighted by molar-refractivity contribution is 7.91. The summed E-state index contributed by atoms with van der Waals surface area (Å²) in [5.74, 6) is 0. The number of rotatable bonds is 6. The van der Waals surface area contributed by atoms with Crippen LogP contribution in [0.1, 0.15) is 18.2 Å². The molecule has 1 heterocycles. The van der Waals surface area contributed by atoms with Gasteiger partial charge < -0.3 is 4.90 Å². The maximum absolute atomic E-state index is 12.0. The first-order chi connectivity index (χ1) is 8.35. The zero-order valence-electron chi connectivity index (χ0n) is 10.7. The van der Waals surface area contributed by atoms with Crippen molar-refractivity contribution in [3.8, 4) is 6.07 Å². The van der Waals surface area contributed by atoms with Crippen LogP contribution in [-0.4, -0.2) is 40.0 Å². The Hall–Kier alpha value is -0.940. The minimum absolute atomic E-state index is 0.134. The Morgan fingerprint density at radius 3 is 2.67 bits per heavy atom. The molecule has 5 nitrogen and oxygen atoms in total. The maximum atomic E-state index is 12.0. The van der Waals surface area contributed by atoms with Crippen LogP contribution in [0, 0.1) is 11.3 Å². The first-order valence-electron chi connectivity index (χ1n) is 5.52. The standard InChI is InChI=1S/C11H17N3O2S2/c1-9(6-7-14(2)3)13-18(15,16)11-5-4-10(8-12)17-11/h4-5,9,13H,6-7H2,1-3H3. The molecule has 1 unspecified atom stereocenters. The zero-order valence-corrected chi connectivity index (χ0v) is 12.3. The summed E-state index contributed by atoms with van der Waals surface area (Å²) >= 11 is 0.984. The number of nitriles is 1. The van der Waals surface area contributed by atoms with Gasteiger partial charge in [0.25, 0.3) is 0 Å². The van der Waals surface area contributed by atoms with Crippen LogP contribution in [0.25, 0.3) is 0 Å². The molecule has 0 aliphatic heterocycles. The van der Waals surface area contributed by atoms with Crippen molar-refractivity contribution in [3.05, 3.63) is 17.0 Å². The lowest BCUT2D eigenvalue weighted by atomic mass is 10.2. The summed E-state index contributed by atoms with van der Waals surface area (Å²) in [6.45, 7) is 2.65. The summed E-state index contributed by atoms with van der Waals surface area (Å²) in [5.41, 5.74) is 0. The summed E-state index contributed by atoms with van der Waals surface area (Å²) in [7, 11) is 0.390. The molecule has 0 saturated heterocycles. The molecule has 100 valence electrons. The molecule has 0 aliphatic carbocycles. The molecular weight excluding hydrogens is 270 g/mol. The summed E-state index contributed by atoms with van der Waals surface area (Å²) < 4.78 is 26.8. The number of hydrogen-bond acceptors (Lipinski definition) is 5. The molecule has 0 aliphatic rings. The molecular formula is C11H17N3O2S2. The Balaban J connectivity index is 2.67. The van der Waals surface area contributed by atoms with Gasteiger partial charge in [0.2, 0.25) is 10.0 Å². The molecule has 0 radical (unpaired) electrons. The molecule has 1 aromatic heterocycles. The third kappa shape index (κ3) is 4.38. The van der Waals surface area contributed by atoms with E-state index in [9.17, 15) is 8.42 Å². The molecule has 0 amide bonds. The van der Waals surface area contributed by atoms with Gasteiger partial charge in [-0.15, -0.1) is 11.3 Å². The van der Waals surface area contributed by atoms with Crippen molar-refractivity contribution in [1.29, 1.82) is 5.26 Å². The molecule has 7 heteroatoms. The van der Waals surface area contributed by atoms with E-state index < -0.39 is 10.0 Å². The fraction of sp³-hybridized carbons (Fsp3) is 0.545. The van der Waals surface area contributed by atoms with Gasteiger partial charge >= 0.3 is 0 Å². The predicted octanol–water partition coefficient (Wildman–Crippen LogP) is 1.24. The van der Waals surface area contributed by atoms with Gasteiger partial charge in [0, 0.05) is 6.04 Å². The molecule has 0 aromatic carbocycles. The number of nitrogens with zero attached hydrogens (tertiary/aromatic N) is 2. The van der Waals surface area contributed by atoms with Crippen LogP contribution >= 0.6 is 11.3 Å². The Morgan fingerprint density at radius 1 is 1.50 bits per heavy atom. The van der Waals surface area contributed by atoms with E-state index in [1.54, 1.807) is 0 Å². The molecule has 0 saturated carbocycles. The van der Waals surface area contributed by atoms with Gasteiger partial charge in [0.15, 0.2) is 0 Å². The van der Waals surface area contributed by atoms with Gasteiger partial charge in [-0.25, -0.2) is 13.1 Å². The second-order valence-electron chi connectivity index (χ2n) is 4.34. The fourth-order valence-corrected chi connectivity index (χ4v) is 3.76. The summed E-state index contributed by atoms with van der Waals surface area (Å²) in [6, 6.07) is 4.78. The number of hydrogen-bond donors (Lipinski definition) is 1. The van der Waals surface area contributed by atoms with Crippen LogP contribution in [-0.2, 0) is 10.0 Å². The SMILES string of the molecule is CC(CCN(C)C)NS(=O)(=O)c1ccc(C#N)s1. The highest BCUT2D eigenvalue weighted by atomic mass is 32.2. The topological polar surface area (TPSA) is 73.2 Å². The van der Waals surface area contributed by atoms with Crippen LogP contribution in [0.3, 0.4) is 0 Å². The van der Waals surface area contributed by atoms with Crippen molar-refractivity contribution >= 4 is 21.4 Å². The normalized spacial score (nSPS) is 13.5. The molecule has 0 spiro atoms. The van der Waals surface area contributed by atoms with Gasteiger partial charge in [-0.05, 0) is 46.1 Å². The van der Waals surface area contributed by atoms with Crippen LogP contribution in [0.15, 0.2) is 16.3 Å². The monoisotopic (exact) mass is 287 g/mol. The van der Waals surface area contributed by atoms with Crippen LogP contribution in [0.2, 0.25) is 0 Å². The number of sulfonamides is 1. The Morgan fingerprint density at radius 2 is 2.17 bits per heavy atom. The largest absolute Gasteiger partial charge is 0.309 e. The lowest BCUT2D eigenvalue weighted by molar-refractivity contribution is 0.379. The molecule has 0 fully saturated rings. The number of thiophene rings is 1. The maximum Gasteiger partial charge on any atom is 0.250 e. The summed E-state index contributed by atoms with van der Waals surface area (Å²) in [6.07, 6.45) is 0.739. The molecule has 1 rings (SSSR count). The van der Waals surface area contributed by atoms with E-state index in [2.05, 4.69) is 4.72 Å². The highest BCUT2D eigenvalue weighted by Crippen LogP contribution is 2.20. The lowest BCUT2D eigenvalue weighted by Gasteiger charge is -2.16. The third-order valence-electron chi connectivity index (χ3n) is 2.32. The quantitative estimate of drug-likeness (QED) is 0.854. The van der Waals surface area contributed by atoms with Gasteiger partial charge in [-0.3, -0.25) is 0 Å². The lowest BCUT2D eigenvalue weighted by Crippen LogP contribution is -2.34. The van der Waals surface area contributed by atoms with Crippen molar-refractivity contribution < 1.29 is 8.42 Å². The van der Waals surface area contributed by atoms with E-state index in [1.807, 2.05) is 32.0 Å². The van der Waals surface area contributed by atoms with Gasteiger partial charge in [-0.1, -0.05) is 0 Å². The van der Waals surface area contributed by atoms with Gasteiger partial charge in [0.05, 0.1) is 0 Å². The second-order valence-corrected chi connectivity index (χ2v) is 7.37. The predicted molar refractivity (Wildman–Crippen MR) is 72.0 cm³/mol. The van der Waals surface area contributed by atoms with Crippen LogP contribution in [0.5, 0.6) is 0 Å². The highest BCUT2D eigenvalue weighted by Gasteiger charge is 2.19. The van der Waals surface area contributed by atoms with Crippen molar-refractivity contribution in [2.24, 2.45) is 0 Å². The molecule has 0 bridgehead atoms. The van der Waals surface area contributed by atoms with E-state index in [-0.39, 0.29) is 10.3 Å². The van der Waals surface area contributed by atoms with Crippen molar-refractivity contribution in [2.75, 3.05) is 20.6 Å². The van der Waals surface area contributed by atoms with E-state index >= 15 is 0 Å². The third-order valence-corrected chi connectivity index (χ3v) is 5.39. The van der Waals surface area contributed by atoms with E-state index in [0.717, 1.165) is 24.3 Å². The first kappa shape index (κ1) is 15.1. The summed E-state index contributed by atoms with van der Waals surface area (Å²) in [5, 5.41) is 8.68. The Labute approximate surface area is 112 Å². The smallest absolute Gasteiger partial charge is 0.250 e. The molecule has 1 aromatic rings. The van der Waals surface area contributed by atoms with E-state index in [0.29, 0.717) is 4.88 Å². The minimum Gasteiger partial charge on any atom is -0.309 e. The Bertz CT molecular complexity index is 529. The van der Waals surface area contributed by atoms with Gasteiger partial charge in [-0.2, -0.15) is 5.26 Å². The summed E-state index contributed by atoms with van der Waals surface area (Å²) in [4.78, 5) is 2.40. The molecule has 1 atom stereocenters. The second kappa shape index (κ2) is 6.29. The average Bonchev–Trinajstić information content (AvgIpc) is 2.75. The average molecular weight is 287 g/mol. The van der Waals surface area contributed by atoms with Crippen LogP contribution in [0.4, 0.5) is 0 Å². The molecule has 18 heavy (non-hydrogen) atoms.